The van der Waals surface area contributed by atoms with E-state index in [1.165, 1.54) is 11.8 Å². The van der Waals surface area contributed by atoms with E-state index in [-0.39, 0.29) is 30.3 Å². The second kappa shape index (κ2) is 15.2. The van der Waals surface area contributed by atoms with Crippen molar-refractivity contribution in [1.29, 1.82) is 0 Å². The molecule has 1 aliphatic rings. The Morgan fingerprint density at radius 1 is 0.766 bits per heavy atom. The lowest BCUT2D eigenvalue weighted by Crippen LogP contribution is -2.31. The predicted octanol–water partition coefficient (Wildman–Crippen LogP) is 7.81. The summed E-state index contributed by atoms with van der Waals surface area (Å²) in [6.45, 7) is 0.357. The minimum absolute atomic E-state index is 0.0331. The molecule has 5 aromatic carbocycles. The third kappa shape index (κ3) is 7.99. The first kappa shape index (κ1) is 32.2. The quantitative estimate of drug-likeness (QED) is 0.126. The molecule has 0 saturated carbocycles. The number of thioether (sulfide) groups is 1. The van der Waals surface area contributed by atoms with Crippen LogP contribution in [-0.4, -0.2) is 33.9 Å². The van der Waals surface area contributed by atoms with Gasteiger partial charge in [0.15, 0.2) is 6.29 Å². The standard InChI is InChI=1S/C39H35NO6S/c41-24-26-14-16-28(17-15-26)35-22-32(25-47-36-13-7-6-12-34(36)38(43)44)45-39(46-35)30-20-18-27(19-21-30)33-11-5-4-10-31(33)23-40-37(42)29-8-2-1-3-9-29/h1-21,32,35,39,41H,22-25H2,(H,40,42)(H,43,44). The van der Waals surface area contributed by atoms with Crippen LogP contribution in [0.15, 0.2) is 132 Å². The molecule has 1 saturated heterocycles. The monoisotopic (exact) mass is 645 g/mol. The second-order valence-electron chi connectivity index (χ2n) is 11.3. The van der Waals surface area contributed by atoms with Gasteiger partial charge in [0.05, 0.1) is 24.4 Å². The van der Waals surface area contributed by atoms with Crippen LogP contribution in [0.3, 0.4) is 0 Å². The van der Waals surface area contributed by atoms with Crippen molar-refractivity contribution < 1.29 is 29.3 Å². The van der Waals surface area contributed by atoms with Crippen LogP contribution in [0, 0.1) is 0 Å². The van der Waals surface area contributed by atoms with Gasteiger partial charge in [-0.15, -0.1) is 11.8 Å². The number of carbonyl (C=O) groups is 2. The summed E-state index contributed by atoms with van der Waals surface area (Å²) < 4.78 is 13.0. The van der Waals surface area contributed by atoms with Crippen molar-refractivity contribution in [3.8, 4) is 11.1 Å². The third-order valence-corrected chi connectivity index (χ3v) is 9.35. The van der Waals surface area contributed by atoms with Crippen molar-refractivity contribution in [2.75, 3.05) is 5.75 Å². The number of benzene rings is 5. The first-order valence-corrected chi connectivity index (χ1v) is 16.4. The third-order valence-electron chi connectivity index (χ3n) is 8.14. The normalized spacial score (nSPS) is 17.6. The number of hydrogen-bond donors (Lipinski definition) is 3. The fourth-order valence-electron chi connectivity index (χ4n) is 5.62. The maximum Gasteiger partial charge on any atom is 0.336 e. The maximum atomic E-state index is 12.7. The number of nitrogens with one attached hydrogen (secondary N) is 1. The Bertz CT molecular complexity index is 1810. The summed E-state index contributed by atoms with van der Waals surface area (Å²) in [4.78, 5) is 25.1. The van der Waals surface area contributed by atoms with Crippen molar-refractivity contribution in [2.45, 2.75) is 43.0 Å². The zero-order valence-electron chi connectivity index (χ0n) is 25.6. The van der Waals surface area contributed by atoms with Crippen molar-refractivity contribution in [1.82, 2.24) is 5.32 Å². The molecule has 3 atom stereocenters. The molecular formula is C39H35NO6S. The van der Waals surface area contributed by atoms with E-state index in [9.17, 15) is 19.8 Å². The molecule has 0 aromatic heterocycles. The van der Waals surface area contributed by atoms with Crippen LogP contribution >= 0.6 is 11.8 Å². The van der Waals surface area contributed by atoms with Crippen LogP contribution in [0.2, 0.25) is 0 Å². The summed E-state index contributed by atoms with van der Waals surface area (Å²) in [6, 6.07) is 40.0. The maximum absolute atomic E-state index is 12.7. The SMILES string of the molecule is O=C(NCc1ccccc1-c1ccc(C2OC(CSc3ccccc3C(=O)O)CC(c3ccc(CO)cc3)O2)cc1)c1ccccc1. The van der Waals surface area contributed by atoms with Crippen LogP contribution in [0.25, 0.3) is 11.1 Å². The van der Waals surface area contributed by atoms with Gasteiger partial charge in [0, 0.05) is 34.7 Å². The Morgan fingerprint density at radius 2 is 1.45 bits per heavy atom. The minimum Gasteiger partial charge on any atom is -0.478 e. The lowest BCUT2D eigenvalue weighted by Gasteiger charge is -2.36. The molecule has 3 unspecified atom stereocenters. The molecule has 0 radical (unpaired) electrons. The number of carboxylic acid groups (broad SMARTS) is 1. The highest BCUT2D eigenvalue weighted by Gasteiger charge is 2.32. The number of carboxylic acids is 1. The average molecular weight is 646 g/mol. The van der Waals surface area contributed by atoms with Gasteiger partial charge in [0.1, 0.15) is 0 Å². The molecular weight excluding hydrogens is 610 g/mol. The molecule has 0 spiro atoms. The van der Waals surface area contributed by atoms with E-state index in [1.54, 1.807) is 24.3 Å². The Hall–Kier alpha value is -4.73. The van der Waals surface area contributed by atoms with Gasteiger partial charge in [0.2, 0.25) is 0 Å². The number of aliphatic hydroxyl groups is 1. The number of hydrogen-bond acceptors (Lipinski definition) is 6. The van der Waals surface area contributed by atoms with Crippen LogP contribution in [-0.2, 0) is 22.6 Å². The van der Waals surface area contributed by atoms with Crippen LogP contribution in [0.4, 0.5) is 0 Å². The lowest BCUT2D eigenvalue weighted by molar-refractivity contribution is -0.245. The Balaban J connectivity index is 1.20. The van der Waals surface area contributed by atoms with E-state index in [0.29, 0.717) is 29.2 Å². The molecule has 238 valence electrons. The number of amides is 1. The van der Waals surface area contributed by atoms with Crippen LogP contribution < -0.4 is 5.32 Å². The molecule has 1 heterocycles. The van der Waals surface area contributed by atoms with E-state index in [1.807, 2.05) is 103 Å². The zero-order valence-corrected chi connectivity index (χ0v) is 26.4. The van der Waals surface area contributed by atoms with Crippen LogP contribution in [0.1, 0.15) is 61.8 Å². The smallest absolute Gasteiger partial charge is 0.336 e. The number of aliphatic hydroxyl groups excluding tert-OH is 1. The first-order valence-electron chi connectivity index (χ1n) is 15.5. The summed E-state index contributed by atoms with van der Waals surface area (Å²) in [5.74, 6) is -0.529. The van der Waals surface area contributed by atoms with Crippen molar-refractivity contribution in [3.63, 3.8) is 0 Å². The molecule has 1 aliphatic heterocycles. The highest BCUT2D eigenvalue weighted by molar-refractivity contribution is 7.99. The van der Waals surface area contributed by atoms with Gasteiger partial charge in [-0.1, -0.05) is 103 Å². The van der Waals surface area contributed by atoms with Gasteiger partial charge in [-0.3, -0.25) is 4.79 Å². The second-order valence-corrected chi connectivity index (χ2v) is 12.4. The lowest BCUT2D eigenvalue weighted by atomic mass is 9.97. The molecule has 5 aromatic rings. The number of carbonyl (C=O) groups excluding carboxylic acids is 1. The summed E-state index contributed by atoms with van der Waals surface area (Å²) in [5, 5.41) is 22.2. The van der Waals surface area contributed by atoms with Gasteiger partial charge in [-0.05, 0) is 52.1 Å². The highest BCUT2D eigenvalue weighted by atomic mass is 32.2. The van der Waals surface area contributed by atoms with Crippen LogP contribution in [0.5, 0.6) is 0 Å². The number of aromatic carboxylic acids is 1. The van der Waals surface area contributed by atoms with Gasteiger partial charge < -0.3 is 25.0 Å². The molecule has 6 rings (SSSR count). The minimum atomic E-state index is -0.957. The Morgan fingerprint density at radius 3 is 2.19 bits per heavy atom. The molecule has 0 aliphatic carbocycles. The summed E-state index contributed by atoms with van der Waals surface area (Å²) in [7, 11) is 0. The van der Waals surface area contributed by atoms with Gasteiger partial charge in [-0.2, -0.15) is 0 Å². The fourth-order valence-corrected chi connectivity index (χ4v) is 6.68. The van der Waals surface area contributed by atoms with Crippen molar-refractivity contribution >= 4 is 23.6 Å². The number of ether oxygens (including phenoxy) is 2. The van der Waals surface area contributed by atoms with Gasteiger partial charge in [-0.25, -0.2) is 4.79 Å². The molecule has 47 heavy (non-hydrogen) atoms. The molecule has 8 heteroatoms. The van der Waals surface area contributed by atoms with Gasteiger partial charge >= 0.3 is 5.97 Å². The van der Waals surface area contributed by atoms with E-state index in [2.05, 4.69) is 5.32 Å². The summed E-state index contributed by atoms with van der Waals surface area (Å²) in [5.41, 5.74) is 6.58. The topological polar surface area (TPSA) is 105 Å². The van der Waals surface area contributed by atoms with E-state index >= 15 is 0 Å². The first-order chi connectivity index (χ1) is 23.0. The Kier molecular flexibility index (Phi) is 10.4. The van der Waals surface area contributed by atoms with E-state index in [4.69, 9.17) is 9.47 Å². The highest BCUT2D eigenvalue weighted by Crippen LogP contribution is 2.40. The summed E-state index contributed by atoms with van der Waals surface area (Å²) in [6.07, 6.45) is -0.509. The van der Waals surface area contributed by atoms with Crippen molar-refractivity contribution in [3.05, 3.63) is 161 Å². The van der Waals surface area contributed by atoms with E-state index < -0.39 is 12.3 Å². The van der Waals surface area contributed by atoms with Crippen molar-refractivity contribution in [2.24, 2.45) is 0 Å². The molecule has 3 N–H and O–H groups in total. The molecule has 7 nitrogen and oxygen atoms in total. The summed E-state index contributed by atoms with van der Waals surface area (Å²) >= 11 is 1.46. The molecule has 1 amide bonds. The largest absolute Gasteiger partial charge is 0.478 e. The number of rotatable bonds is 11. The Labute approximate surface area is 278 Å². The average Bonchev–Trinajstić information content (AvgIpc) is 3.13. The predicted molar refractivity (Wildman–Crippen MR) is 182 cm³/mol. The van der Waals surface area contributed by atoms with E-state index in [0.717, 1.165) is 33.4 Å². The molecule has 1 fully saturated rings. The molecule has 0 bridgehead atoms. The van der Waals surface area contributed by atoms with Gasteiger partial charge in [0.25, 0.3) is 5.91 Å². The fraction of sp³-hybridized carbons (Fsp3) is 0.179. The zero-order chi connectivity index (χ0) is 32.6.